The number of furan rings is 1. The maximum Gasteiger partial charge on any atom is 0.416 e. The Labute approximate surface area is 122 Å². The highest BCUT2D eigenvalue weighted by molar-refractivity contribution is 5.26. The van der Waals surface area contributed by atoms with E-state index in [0.717, 1.165) is 35.6 Å². The summed E-state index contributed by atoms with van der Waals surface area (Å²) in [6, 6.07) is 9.00. The predicted molar refractivity (Wildman–Crippen MR) is 74.8 cm³/mol. The summed E-state index contributed by atoms with van der Waals surface area (Å²) in [5.41, 5.74) is 0.183. The molecule has 5 heteroatoms. The van der Waals surface area contributed by atoms with Crippen LogP contribution in [0, 0.1) is 0 Å². The van der Waals surface area contributed by atoms with Crippen LogP contribution < -0.4 is 5.32 Å². The second kappa shape index (κ2) is 6.35. The van der Waals surface area contributed by atoms with E-state index in [1.54, 1.807) is 0 Å². The van der Waals surface area contributed by atoms with Crippen LogP contribution in [-0.4, -0.2) is 0 Å². The first-order valence-electron chi connectivity index (χ1n) is 6.88. The number of aryl methyl sites for hydroxylation is 1. The summed E-state index contributed by atoms with van der Waals surface area (Å²) in [5.74, 6) is 1.75. The first-order valence-corrected chi connectivity index (χ1v) is 6.88. The van der Waals surface area contributed by atoms with Gasteiger partial charge in [0, 0.05) is 12.5 Å². The molecule has 2 aromatic rings. The molecule has 0 saturated heterocycles. The van der Waals surface area contributed by atoms with Crippen molar-refractivity contribution in [2.75, 3.05) is 0 Å². The van der Waals surface area contributed by atoms with Crippen molar-refractivity contribution < 1.29 is 17.6 Å². The number of alkyl halides is 3. The van der Waals surface area contributed by atoms with Crippen molar-refractivity contribution >= 4 is 0 Å². The van der Waals surface area contributed by atoms with Gasteiger partial charge in [0.2, 0.25) is 0 Å². The second-order valence-corrected chi connectivity index (χ2v) is 4.94. The first kappa shape index (κ1) is 15.6. The van der Waals surface area contributed by atoms with Gasteiger partial charge in [-0.05, 0) is 36.8 Å². The van der Waals surface area contributed by atoms with Crippen molar-refractivity contribution in [1.82, 2.24) is 5.32 Å². The summed E-state index contributed by atoms with van der Waals surface area (Å²) in [6.07, 6.45) is -3.45. The molecule has 0 spiro atoms. The van der Waals surface area contributed by atoms with Gasteiger partial charge in [0.25, 0.3) is 0 Å². The molecule has 0 bridgehead atoms. The van der Waals surface area contributed by atoms with Gasteiger partial charge in [-0.2, -0.15) is 13.2 Å². The highest BCUT2D eigenvalue weighted by Crippen LogP contribution is 2.29. The molecule has 0 radical (unpaired) electrons. The molecule has 0 aliphatic heterocycles. The molecule has 1 aromatic heterocycles. The third-order valence-corrected chi connectivity index (χ3v) is 3.39. The lowest BCUT2D eigenvalue weighted by atomic mass is 10.1. The van der Waals surface area contributed by atoms with Crippen molar-refractivity contribution in [3.8, 4) is 0 Å². The monoisotopic (exact) mass is 297 g/mol. The Morgan fingerprint density at radius 2 is 1.67 bits per heavy atom. The maximum absolute atomic E-state index is 12.5. The summed E-state index contributed by atoms with van der Waals surface area (Å²) < 4.78 is 43.1. The van der Waals surface area contributed by atoms with Crippen LogP contribution in [0.5, 0.6) is 0 Å². The van der Waals surface area contributed by atoms with E-state index in [2.05, 4.69) is 5.32 Å². The molecule has 21 heavy (non-hydrogen) atoms. The molecule has 0 aliphatic rings. The van der Waals surface area contributed by atoms with Gasteiger partial charge in [-0.3, -0.25) is 0 Å². The van der Waals surface area contributed by atoms with Gasteiger partial charge in [-0.25, -0.2) is 0 Å². The highest BCUT2D eigenvalue weighted by Gasteiger charge is 2.30. The van der Waals surface area contributed by atoms with E-state index in [1.165, 1.54) is 12.1 Å². The summed E-state index contributed by atoms with van der Waals surface area (Å²) in [4.78, 5) is 0. The van der Waals surface area contributed by atoms with Crippen LogP contribution in [0.25, 0.3) is 0 Å². The Morgan fingerprint density at radius 3 is 2.19 bits per heavy atom. The summed E-state index contributed by atoms with van der Waals surface area (Å²) in [6.45, 7) is 4.47. The largest absolute Gasteiger partial charge is 0.465 e. The molecule has 1 N–H and O–H groups in total. The van der Waals surface area contributed by atoms with Gasteiger partial charge < -0.3 is 9.73 Å². The van der Waals surface area contributed by atoms with E-state index in [1.807, 2.05) is 26.0 Å². The standard InChI is InChI=1S/C16H18F3NO/c1-3-14-8-9-15(21-14)10-20-11(2)12-4-6-13(7-5-12)16(17,18)19/h4-9,11,20H,3,10H2,1-2H3. The molecular formula is C16H18F3NO. The number of benzene rings is 1. The van der Waals surface area contributed by atoms with Crippen LogP contribution in [0.2, 0.25) is 0 Å². The smallest absolute Gasteiger partial charge is 0.416 e. The lowest BCUT2D eigenvalue weighted by Gasteiger charge is -2.14. The third kappa shape index (κ3) is 4.11. The van der Waals surface area contributed by atoms with Crippen LogP contribution in [-0.2, 0) is 19.1 Å². The number of nitrogens with one attached hydrogen (secondary N) is 1. The number of rotatable bonds is 5. The van der Waals surface area contributed by atoms with Gasteiger partial charge in [0.1, 0.15) is 11.5 Å². The van der Waals surface area contributed by atoms with E-state index in [-0.39, 0.29) is 6.04 Å². The number of halogens is 3. The number of hydrogen-bond donors (Lipinski definition) is 1. The van der Waals surface area contributed by atoms with Gasteiger partial charge in [0.05, 0.1) is 12.1 Å². The quantitative estimate of drug-likeness (QED) is 0.864. The topological polar surface area (TPSA) is 25.2 Å². The summed E-state index contributed by atoms with van der Waals surface area (Å²) >= 11 is 0. The Morgan fingerprint density at radius 1 is 1.05 bits per heavy atom. The SMILES string of the molecule is CCc1ccc(CNC(C)c2ccc(C(F)(F)F)cc2)o1. The Balaban J connectivity index is 1.95. The zero-order valence-corrected chi connectivity index (χ0v) is 12.0. The van der Waals surface area contributed by atoms with Crippen molar-refractivity contribution in [1.29, 1.82) is 0 Å². The van der Waals surface area contributed by atoms with Gasteiger partial charge in [-0.15, -0.1) is 0 Å². The fourth-order valence-electron chi connectivity index (χ4n) is 2.04. The minimum Gasteiger partial charge on any atom is -0.465 e. The van der Waals surface area contributed by atoms with Crippen LogP contribution in [0.1, 0.15) is 42.5 Å². The van der Waals surface area contributed by atoms with Crippen molar-refractivity contribution in [2.24, 2.45) is 0 Å². The lowest BCUT2D eigenvalue weighted by Crippen LogP contribution is -2.18. The minimum atomic E-state index is -4.29. The average Bonchev–Trinajstić information content (AvgIpc) is 2.92. The van der Waals surface area contributed by atoms with E-state index < -0.39 is 11.7 Å². The normalized spacial score (nSPS) is 13.4. The molecule has 1 aromatic carbocycles. The molecule has 114 valence electrons. The molecular weight excluding hydrogens is 279 g/mol. The third-order valence-electron chi connectivity index (χ3n) is 3.39. The molecule has 0 amide bonds. The Kier molecular flexibility index (Phi) is 4.73. The summed E-state index contributed by atoms with van der Waals surface area (Å²) in [5, 5.41) is 3.24. The van der Waals surface area contributed by atoms with Crippen LogP contribution >= 0.6 is 0 Å². The van der Waals surface area contributed by atoms with Crippen molar-refractivity contribution in [2.45, 2.75) is 39.0 Å². The van der Waals surface area contributed by atoms with E-state index in [4.69, 9.17) is 4.42 Å². The fourth-order valence-corrected chi connectivity index (χ4v) is 2.04. The second-order valence-electron chi connectivity index (χ2n) is 4.94. The number of hydrogen-bond acceptors (Lipinski definition) is 2. The average molecular weight is 297 g/mol. The molecule has 2 nitrogen and oxygen atoms in total. The first-order chi connectivity index (χ1) is 9.90. The fraction of sp³-hybridized carbons (Fsp3) is 0.375. The molecule has 1 heterocycles. The molecule has 1 atom stereocenters. The molecule has 1 unspecified atom stereocenters. The van der Waals surface area contributed by atoms with Gasteiger partial charge in [0.15, 0.2) is 0 Å². The Bertz CT molecular complexity index is 572. The lowest BCUT2D eigenvalue weighted by molar-refractivity contribution is -0.137. The minimum absolute atomic E-state index is 0.0533. The van der Waals surface area contributed by atoms with Gasteiger partial charge >= 0.3 is 6.18 Å². The van der Waals surface area contributed by atoms with Crippen LogP contribution in [0.15, 0.2) is 40.8 Å². The Hall–Kier alpha value is -1.75. The highest BCUT2D eigenvalue weighted by atomic mass is 19.4. The predicted octanol–water partition coefficient (Wildman–Crippen LogP) is 4.71. The van der Waals surface area contributed by atoms with E-state index >= 15 is 0 Å². The van der Waals surface area contributed by atoms with Crippen LogP contribution in [0.4, 0.5) is 13.2 Å². The summed E-state index contributed by atoms with van der Waals surface area (Å²) in [7, 11) is 0. The molecule has 0 aliphatic carbocycles. The molecule has 0 fully saturated rings. The molecule has 2 rings (SSSR count). The van der Waals surface area contributed by atoms with E-state index in [9.17, 15) is 13.2 Å². The van der Waals surface area contributed by atoms with E-state index in [0.29, 0.717) is 6.54 Å². The maximum atomic E-state index is 12.5. The van der Waals surface area contributed by atoms with Crippen LogP contribution in [0.3, 0.4) is 0 Å². The zero-order chi connectivity index (χ0) is 15.5. The van der Waals surface area contributed by atoms with Crippen molar-refractivity contribution in [3.63, 3.8) is 0 Å². The zero-order valence-electron chi connectivity index (χ0n) is 12.0. The van der Waals surface area contributed by atoms with Gasteiger partial charge in [-0.1, -0.05) is 19.1 Å². The molecule has 0 saturated carbocycles. The van der Waals surface area contributed by atoms with Crippen molar-refractivity contribution in [3.05, 3.63) is 59.0 Å².